The molecule has 0 atom stereocenters. The van der Waals surface area contributed by atoms with Crippen molar-refractivity contribution in [2.45, 2.75) is 18.5 Å². The number of rotatable bonds is 3. The summed E-state index contributed by atoms with van der Waals surface area (Å²) in [5.41, 5.74) is -2.17. The van der Waals surface area contributed by atoms with Gasteiger partial charge in [0.1, 0.15) is 0 Å². The first-order valence-electron chi connectivity index (χ1n) is 5.56. The SMILES string of the molecule is FC(F)(F)c1ccccc1C(F)(F)CC1CNC1. The van der Waals surface area contributed by atoms with Crippen molar-refractivity contribution in [3.8, 4) is 0 Å². The number of halogens is 5. The lowest BCUT2D eigenvalue weighted by Crippen LogP contribution is -2.44. The van der Waals surface area contributed by atoms with Gasteiger partial charge in [0.15, 0.2) is 0 Å². The molecule has 1 aliphatic rings. The molecule has 1 heterocycles. The molecule has 0 aromatic heterocycles. The van der Waals surface area contributed by atoms with Crippen molar-refractivity contribution in [2.24, 2.45) is 5.92 Å². The van der Waals surface area contributed by atoms with Crippen LogP contribution < -0.4 is 5.32 Å². The summed E-state index contributed by atoms with van der Waals surface area (Å²) in [6.07, 6.45) is -5.30. The van der Waals surface area contributed by atoms with Crippen LogP contribution in [-0.2, 0) is 12.1 Å². The molecule has 0 radical (unpaired) electrons. The second-order valence-electron chi connectivity index (χ2n) is 4.48. The Labute approximate surface area is 101 Å². The summed E-state index contributed by atoms with van der Waals surface area (Å²) in [7, 11) is 0. The Hall–Kier alpha value is -1.17. The molecule has 1 aromatic carbocycles. The van der Waals surface area contributed by atoms with Crippen molar-refractivity contribution in [3.63, 3.8) is 0 Å². The third kappa shape index (κ3) is 2.63. The molecular weight excluding hydrogens is 253 g/mol. The molecule has 6 heteroatoms. The molecule has 0 spiro atoms. The molecule has 2 rings (SSSR count). The highest BCUT2D eigenvalue weighted by Gasteiger charge is 2.44. The van der Waals surface area contributed by atoms with Crippen molar-refractivity contribution in [2.75, 3.05) is 13.1 Å². The fraction of sp³-hybridized carbons (Fsp3) is 0.500. The van der Waals surface area contributed by atoms with Gasteiger partial charge >= 0.3 is 6.18 Å². The first-order chi connectivity index (χ1) is 8.31. The Morgan fingerprint density at radius 3 is 2.00 bits per heavy atom. The summed E-state index contributed by atoms with van der Waals surface area (Å²) in [4.78, 5) is 0. The van der Waals surface area contributed by atoms with Crippen molar-refractivity contribution in [3.05, 3.63) is 35.4 Å². The van der Waals surface area contributed by atoms with E-state index in [0.29, 0.717) is 19.2 Å². The fourth-order valence-corrected chi connectivity index (χ4v) is 2.01. The second-order valence-corrected chi connectivity index (χ2v) is 4.48. The maximum absolute atomic E-state index is 13.9. The Bertz CT molecular complexity index is 423. The third-order valence-corrected chi connectivity index (χ3v) is 3.04. The molecule has 0 unspecified atom stereocenters. The Morgan fingerprint density at radius 1 is 1.00 bits per heavy atom. The lowest BCUT2D eigenvalue weighted by molar-refractivity contribution is -0.143. The maximum Gasteiger partial charge on any atom is 0.416 e. The highest BCUT2D eigenvalue weighted by Crippen LogP contribution is 2.42. The Balaban J connectivity index is 2.30. The minimum absolute atomic E-state index is 0.263. The number of hydrogen-bond donors (Lipinski definition) is 1. The number of hydrogen-bond acceptors (Lipinski definition) is 1. The first-order valence-corrected chi connectivity index (χ1v) is 5.56. The molecule has 1 saturated heterocycles. The lowest BCUT2D eigenvalue weighted by atomic mass is 9.90. The monoisotopic (exact) mass is 265 g/mol. The Kier molecular flexibility index (Phi) is 3.31. The van der Waals surface area contributed by atoms with Crippen LogP contribution in [0, 0.1) is 5.92 Å². The van der Waals surface area contributed by atoms with E-state index in [1.54, 1.807) is 0 Å². The zero-order valence-corrected chi connectivity index (χ0v) is 9.40. The van der Waals surface area contributed by atoms with Crippen LogP contribution in [0.2, 0.25) is 0 Å². The Morgan fingerprint density at radius 2 is 1.56 bits per heavy atom. The number of alkyl halides is 5. The van der Waals surface area contributed by atoms with Crippen LogP contribution in [0.5, 0.6) is 0 Å². The van der Waals surface area contributed by atoms with Crippen LogP contribution in [0.3, 0.4) is 0 Å². The number of benzene rings is 1. The molecule has 1 N–H and O–H groups in total. The van der Waals surface area contributed by atoms with Gasteiger partial charge in [-0.1, -0.05) is 18.2 Å². The standard InChI is InChI=1S/C12H12F5N/c13-11(14,5-8-6-18-7-8)9-3-1-2-4-10(9)12(15,16)17/h1-4,8,18H,5-7H2. The summed E-state index contributed by atoms with van der Waals surface area (Å²) in [5.74, 6) is -3.71. The van der Waals surface area contributed by atoms with Gasteiger partial charge in [-0.3, -0.25) is 0 Å². The molecule has 1 nitrogen and oxygen atoms in total. The minimum atomic E-state index is -4.75. The molecule has 0 saturated carbocycles. The number of nitrogens with one attached hydrogen (secondary N) is 1. The van der Waals surface area contributed by atoms with E-state index in [0.717, 1.165) is 12.1 Å². The van der Waals surface area contributed by atoms with E-state index in [2.05, 4.69) is 5.32 Å². The smallest absolute Gasteiger partial charge is 0.316 e. The van der Waals surface area contributed by atoms with Crippen LogP contribution in [0.15, 0.2) is 24.3 Å². The van der Waals surface area contributed by atoms with E-state index < -0.39 is 29.6 Å². The van der Waals surface area contributed by atoms with E-state index in [1.807, 2.05) is 0 Å². The summed E-state index contributed by atoms with van der Waals surface area (Å²) in [6, 6.07) is 3.88. The van der Waals surface area contributed by atoms with Crippen LogP contribution in [0.4, 0.5) is 22.0 Å². The lowest BCUT2D eigenvalue weighted by Gasteiger charge is -2.31. The third-order valence-electron chi connectivity index (χ3n) is 3.04. The average molecular weight is 265 g/mol. The molecular formula is C12H12F5N. The summed E-state index contributed by atoms with van der Waals surface area (Å²) >= 11 is 0. The van der Waals surface area contributed by atoms with Gasteiger partial charge in [-0.05, 0) is 25.1 Å². The zero-order chi connectivity index (χ0) is 13.4. The first kappa shape index (κ1) is 13.3. The largest absolute Gasteiger partial charge is 0.416 e. The van der Waals surface area contributed by atoms with Gasteiger partial charge in [0.2, 0.25) is 0 Å². The molecule has 100 valence electrons. The molecule has 0 amide bonds. The summed E-state index contributed by atoms with van der Waals surface area (Å²) in [5, 5.41) is 2.82. The van der Waals surface area contributed by atoms with Crippen molar-refractivity contribution in [1.82, 2.24) is 5.32 Å². The van der Waals surface area contributed by atoms with E-state index in [-0.39, 0.29) is 5.92 Å². The summed E-state index contributed by atoms with van der Waals surface area (Å²) in [6.45, 7) is 0.869. The maximum atomic E-state index is 13.9. The molecule has 1 fully saturated rings. The van der Waals surface area contributed by atoms with Gasteiger partial charge in [0.25, 0.3) is 5.92 Å². The van der Waals surface area contributed by atoms with Gasteiger partial charge in [-0.15, -0.1) is 0 Å². The van der Waals surface area contributed by atoms with E-state index in [4.69, 9.17) is 0 Å². The average Bonchev–Trinajstić information content (AvgIpc) is 2.23. The molecule has 0 bridgehead atoms. The van der Waals surface area contributed by atoms with E-state index in [9.17, 15) is 22.0 Å². The highest BCUT2D eigenvalue weighted by molar-refractivity contribution is 5.33. The second kappa shape index (κ2) is 4.50. The topological polar surface area (TPSA) is 12.0 Å². The quantitative estimate of drug-likeness (QED) is 0.826. The van der Waals surface area contributed by atoms with Crippen molar-refractivity contribution in [1.29, 1.82) is 0 Å². The van der Waals surface area contributed by atoms with Gasteiger partial charge in [-0.2, -0.15) is 13.2 Å². The fourth-order valence-electron chi connectivity index (χ4n) is 2.01. The normalized spacial score (nSPS) is 17.6. The van der Waals surface area contributed by atoms with Crippen LogP contribution in [-0.4, -0.2) is 13.1 Å². The van der Waals surface area contributed by atoms with E-state index >= 15 is 0 Å². The zero-order valence-electron chi connectivity index (χ0n) is 9.40. The van der Waals surface area contributed by atoms with E-state index in [1.165, 1.54) is 6.07 Å². The molecule has 1 aliphatic heterocycles. The van der Waals surface area contributed by atoms with Crippen molar-refractivity contribution < 1.29 is 22.0 Å². The highest BCUT2D eigenvalue weighted by atomic mass is 19.4. The van der Waals surface area contributed by atoms with Gasteiger partial charge < -0.3 is 5.32 Å². The molecule has 1 aromatic rings. The van der Waals surface area contributed by atoms with Crippen LogP contribution in [0.25, 0.3) is 0 Å². The van der Waals surface area contributed by atoms with Gasteiger partial charge in [0, 0.05) is 12.0 Å². The van der Waals surface area contributed by atoms with Gasteiger partial charge in [0.05, 0.1) is 5.56 Å². The van der Waals surface area contributed by atoms with Gasteiger partial charge in [-0.25, -0.2) is 8.78 Å². The van der Waals surface area contributed by atoms with Crippen LogP contribution >= 0.6 is 0 Å². The predicted octanol–water partition coefficient (Wildman–Crippen LogP) is 3.41. The minimum Gasteiger partial charge on any atom is -0.316 e. The van der Waals surface area contributed by atoms with Crippen molar-refractivity contribution >= 4 is 0 Å². The predicted molar refractivity (Wildman–Crippen MR) is 56.3 cm³/mol. The molecule has 18 heavy (non-hydrogen) atoms. The summed E-state index contributed by atoms with van der Waals surface area (Å²) < 4.78 is 65.8. The van der Waals surface area contributed by atoms with Crippen LogP contribution in [0.1, 0.15) is 17.5 Å². The molecule has 0 aliphatic carbocycles.